The number of nitrogens with one attached hydrogen (secondary N) is 4. The average Bonchev–Trinajstić information content (AvgIpc) is 3.52. The van der Waals surface area contributed by atoms with Gasteiger partial charge in [0, 0.05) is 30.8 Å². The third-order valence-electron chi connectivity index (χ3n) is 4.85. The molecule has 0 bridgehead atoms. The molecule has 0 saturated carbocycles. The Morgan fingerprint density at radius 1 is 1.23 bits per heavy atom. The molecule has 0 spiro atoms. The van der Waals surface area contributed by atoms with E-state index >= 15 is 0 Å². The van der Waals surface area contributed by atoms with E-state index in [0.717, 1.165) is 0 Å². The summed E-state index contributed by atoms with van der Waals surface area (Å²) in [7, 11) is 0. The Labute approximate surface area is 214 Å². The lowest BCUT2D eigenvalue weighted by molar-refractivity contribution is -0.139. The lowest BCUT2D eigenvalue weighted by atomic mass is 10.1. The third kappa shape index (κ3) is 7.76. The van der Waals surface area contributed by atoms with E-state index < -0.39 is 24.0 Å². The van der Waals surface area contributed by atoms with Gasteiger partial charge in [-0.2, -0.15) is 0 Å². The Balaban J connectivity index is 1.58. The third-order valence-corrected chi connectivity index (χ3v) is 6.39. The normalized spacial score (nSPS) is 16.1. The molecule has 3 amide bonds. The van der Waals surface area contributed by atoms with Crippen LogP contribution in [0.5, 0.6) is 0 Å². The Kier molecular flexibility index (Phi) is 9.61. The summed E-state index contributed by atoms with van der Waals surface area (Å²) in [5.74, 6) is -1.14. The van der Waals surface area contributed by atoms with Crippen LogP contribution >= 0.6 is 35.0 Å². The van der Waals surface area contributed by atoms with Gasteiger partial charge in [0.25, 0.3) is 5.91 Å². The maximum absolute atomic E-state index is 12.7. The maximum Gasteiger partial charge on any atom is 0.328 e. The quantitative estimate of drug-likeness (QED) is 0.286. The number of thioether (sulfide) groups is 1. The minimum Gasteiger partial charge on any atom is -0.480 e. The smallest absolute Gasteiger partial charge is 0.328 e. The standard InChI is InChI=1S/C22H22Cl2N4O6S/c23-14-6-12(8-25-18(29)4-3-13-2-1-5-34-13)7-15(24)19(14)21(31)28-16(22(32)33)9-26-20(30)17-10-35-11-27-17/h1-7,16-17,27H,8-11H2,(H,25,29)(H,26,30)(H,28,31)(H,32,33)/b4-3+/t16-,17?/m0/s1. The molecule has 13 heteroatoms. The van der Waals surface area contributed by atoms with E-state index in [1.807, 2.05) is 0 Å². The van der Waals surface area contributed by atoms with Crippen molar-refractivity contribution in [2.75, 3.05) is 18.2 Å². The highest BCUT2D eigenvalue weighted by molar-refractivity contribution is 7.99. The van der Waals surface area contributed by atoms with Gasteiger partial charge >= 0.3 is 5.97 Å². The molecule has 3 rings (SSSR count). The van der Waals surface area contributed by atoms with E-state index in [4.69, 9.17) is 27.6 Å². The van der Waals surface area contributed by atoms with Gasteiger partial charge in [0.2, 0.25) is 11.8 Å². The van der Waals surface area contributed by atoms with Crippen molar-refractivity contribution in [2.45, 2.75) is 18.6 Å². The molecule has 1 aromatic heterocycles. The number of carbonyl (C=O) groups excluding carboxylic acids is 3. The summed E-state index contributed by atoms with van der Waals surface area (Å²) in [6.07, 6.45) is 4.30. The number of carboxylic acids is 1. The lowest BCUT2D eigenvalue weighted by Gasteiger charge is -2.18. The fraction of sp³-hybridized carbons (Fsp3) is 0.273. The van der Waals surface area contributed by atoms with E-state index in [-0.39, 0.29) is 40.5 Å². The van der Waals surface area contributed by atoms with Gasteiger partial charge < -0.3 is 25.5 Å². The van der Waals surface area contributed by atoms with Crippen LogP contribution in [0.25, 0.3) is 6.08 Å². The topological polar surface area (TPSA) is 150 Å². The highest BCUT2D eigenvalue weighted by atomic mass is 35.5. The number of hydrogen-bond acceptors (Lipinski definition) is 7. The highest BCUT2D eigenvalue weighted by Gasteiger charge is 2.27. The zero-order valence-corrected chi connectivity index (χ0v) is 20.5. The molecule has 1 aliphatic rings. The summed E-state index contributed by atoms with van der Waals surface area (Å²) in [6, 6.07) is 4.47. The number of amides is 3. The minimum atomic E-state index is -1.40. The van der Waals surface area contributed by atoms with Crippen LogP contribution in [0.4, 0.5) is 0 Å². The fourth-order valence-corrected chi connectivity index (χ4v) is 4.70. The maximum atomic E-state index is 12.7. The SMILES string of the molecule is O=C(/C=C/c1ccco1)NCc1cc(Cl)c(C(=O)N[C@@H](CNC(=O)C2CSCN2)C(=O)O)c(Cl)c1. The largest absolute Gasteiger partial charge is 0.480 e. The van der Waals surface area contributed by atoms with Gasteiger partial charge in [-0.15, -0.1) is 11.8 Å². The first-order valence-electron chi connectivity index (χ1n) is 10.3. The van der Waals surface area contributed by atoms with Gasteiger partial charge in [-0.25, -0.2) is 4.79 Å². The molecule has 186 valence electrons. The highest BCUT2D eigenvalue weighted by Crippen LogP contribution is 2.27. The molecule has 1 aromatic carbocycles. The first-order chi connectivity index (χ1) is 16.7. The van der Waals surface area contributed by atoms with Crippen molar-refractivity contribution in [1.29, 1.82) is 0 Å². The number of carbonyl (C=O) groups is 4. The van der Waals surface area contributed by atoms with Gasteiger partial charge in [-0.3, -0.25) is 19.7 Å². The van der Waals surface area contributed by atoms with Crippen LogP contribution in [0.2, 0.25) is 10.0 Å². The molecular weight excluding hydrogens is 519 g/mol. The van der Waals surface area contributed by atoms with E-state index in [0.29, 0.717) is 23.0 Å². The molecule has 0 radical (unpaired) electrons. The van der Waals surface area contributed by atoms with Crippen molar-refractivity contribution in [1.82, 2.24) is 21.3 Å². The van der Waals surface area contributed by atoms with Gasteiger partial charge in [-0.1, -0.05) is 23.2 Å². The monoisotopic (exact) mass is 540 g/mol. The van der Waals surface area contributed by atoms with Crippen LogP contribution in [0, 0.1) is 0 Å². The molecule has 2 aromatic rings. The molecule has 0 aliphatic carbocycles. The number of hydrogen-bond donors (Lipinski definition) is 5. The van der Waals surface area contributed by atoms with E-state index in [2.05, 4.69) is 21.3 Å². The molecule has 1 aliphatic heterocycles. The number of benzene rings is 1. The molecule has 2 heterocycles. The summed E-state index contributed by atoms with van der Waals surface area (Å²) >= 11 is 14.0. The second kappa shape index (κ2) is 12.6. The first-order valence-corrected chi connectivity index (χ1v) is 12.3. The first kappa shape index (κ1) is 26.6. The van der Waals surface area contributed by atoms with E-state index in [9.17, 15) is 24.3 Å². The van der Waals surface area contributed by atoms with Gasteiger partial charge in [0.15, 0.2) is 0 Å². The van der Waals surface area contributed by atoms with Crippen molar-refractivity contribution in [3.8, 4) is 0 Å². The Morgan fingerprint density at radius 2 is 1.97 bits per heavy atom. The van der Waals surface area contributed by atoms with Crippen LogP contribution in [0.3, 0.4) is 0 Å². The molecule has 5 N–H and O–H groups in total. The predicted molar refractivity (Wildman–Crippen MR) is 132 cm³/mol. The van der Waals surface area contributed by atoms with Crippen LogP contribution < -0.4 is 21.3 Å². The van der Waals surface area contributed by atoms with Crippen molar-refractivity contribution in [2.24, 2.45) is 0 Å². The predicted octanol–water partition coefficient (Wildman–Crippen LogP) is 1.88. The second-order valence-electron chi connectivity index (χ2n) is 7.38. The molecule has 1 saturated heterocycles. The molecule has 10 nitrogen and oxygen atoms in total. The molecular formula is C22H22Cl2N4O6S. The van der Waals surface area contributed by atoms with Crippen molar-refractivity contribution in [3.05, 3.63) is 63.5 Å². The Hall–Kier alpha value is -2.99. The summed E-state index contributed by atoms with van der Waals surface area (Å²) in [5.41, 5.74) is 0.410. The molecule has 35 heavy (non-hydrogen) atoms. The summed E-state index contributed by atoms with van der Waals surface area (Å²) in [4.78, 5) is 48.4. The zero-order chi connectivity index (χ0) is 25.4. The minimum absolute atomic E-state index is 0.0225. The molecule has 1 fully saturated rings. The van der Waals surface area contributed by atoms with Crippen molar-refractivity contribution < 1.29 is 28.7 Å². The number of halogens is 2. The van der Waals surface area contributed by atoms with Crippen molar-refractivity contribution >= 4 is 64.7 Å². The Bertz CT molecular complexity index is 1100. The average molecular weight is 541 g/mol. The van der Waals surface area contributed by atoms with Crippen molar-refractivity contribution in [3.63, 3.8) is 0 Å². The van der Waals surface area contributed by atoms with E-state index in [1.165, 1.54) is 30.5 Å². The fourth-order valence-electron chi connectivity index (χ4n) is 3.06. The van der Waals surface area contributed by atoms with Crippen LogP contribution in [0.15, 0.2) is 41.0 Å². The molecule has 2 atom stereocenters. The summed E-state index contributed by atoms with van der Waals surface area (Å²) in [6.45, 7) is -0.229. The summed E-state index contributed by atoms with van der Waals surface area (Å²) in [5, 5.41) is 19.9. The van der Waals surface area contributed by atoms with Crippen LogP contribution in [0.1, 0.15) is 21.7 Å². The van der Waals surface area contributed by atoms with Gasteiger partial charge in [-0.05, 0) is 35.9 Å². The van der Waals surface area contributed by atoms with Gasteiger partial charge in [0.1, 0.15) is 11.8 Å². The Morgan fingerprint density at radius 3 is 2.57 bits per heavy atom. The zero-order valence-electron chi connectivity index (χ0n) is 18.2. The van der Waals surface area contributed by atoms with Crippen LogP contribution in [-0.4, -0.2) is 59.1 Å². The number of carboxylic acid groups (broad SMARTS) is 1. The lowest BCUT2D eigenvalue weighted by Crippen LogP contribution is -2.51. The van der Waals surface area contributed by atoms with Gasteiger partial charge in [0.05, 0.1) is 27.9 Å². The second-order valence-corrected chi connectivity index (χ2v) is 9.23. The molecule has 1 unspecified atom stereocenters. The van der Waals surface area contributed by atoms with E-state index in [1.54, 1.807) is 23.9 Å². The van der Waals surface area contributed by atoms with Crippen LogP contribution in [-0.2, 0) is 20.9 Å². The number of furan rings is 1. The number of aliphatic carboxylic acids is 1. The number of rotatable bonds is 10. The summed E-state index contributed by atoms with van der Waals surface area (Å²) < 4.78 is 5.11.